The first-order chi connectivity index (χ1) is 10.8. The Balaban J connectivity index is 3.30. The van der Waals surface area contributed by atoms with Crippen LogP contribution in [0.25, 0.3) is 0 Å². The average Bonchev–Trinajstić information content (AvgIpc) is 2.55. The average molecular weight is 313 g/mol. The van der Waals surface area contributed by atoms with E-state index in [0.717, 1.165) is 32.5 Å². The van der Waals surface area contributed by atoms with Gasteiger partial charge in [-0.15, -0.1) is 0 Å². The molecule has 22 heavy (non-hydrogen) atoms. The van der Waals surface area contributed by atoms with Gasteiger partial charge in [-0.3, -0.25) is 4.99 Å². The lowest BCUT2D eigenvalue weighted by atomic mass is 10.1. The van der Waals surface area contributed by atoms with Gasteiger partial charge in [0, 0.05) is 12.6 Å². The third-order valence-electron chi connectivity index (χ3n) is 3.59. The molecule has 0 heterocycles. The molecule has 0 aliphatic heterocycles. The Morgan fingerprint density at radius 2 is 2.00 bits per heavy atom. The molecule has 0 saturated carbocycles. The summed E-state index contributed by atoms with van der Waals surface area (Å²) in [5.41, 5.74) is 6.14. The number of hydrogen-bond acceptors (Lipinski definition) is 5. The van der Waals surface area contributed by atoms with Crippen LogP contribution in [0.1, 0.15) is 52.4 Å². The molecule has 0 amide bonds. The van der Waals surface area contributed by atoms with Crippen molar-refractivity contribution < 1.29 is 4.74 Å². The maximum absolute atomic E-state index is 5.45. The van der Waals surface area contributed by atoms with Crippen molar-refractivity contribution >= 4 is 6.72 Å². The smallest absolute Gasteiger partial charge is 0.106 e. The quantitative estimate of drug-likeness (QED) is 0.232. The van der Waals surface area contributed by atoms with Crippen molar-refractivity contribution in [2.45, 2.75) is 58.4 Å². The third-order valence-corrected chi connectivity index (χ3v) is 3.59. The first kappa shape index (κ1) is 21.1. The molecule has 0 aromatic carbocycles. The van der Waals surface area contributed by atoms with Gasteiger partial charge in [0.2, 0.25) is 0 Å². The standard InChI is InChI=1S/C17H36N4O/c1-4-9-16(5-2)21-12-8-11-20-10-6-7-13-22-15-17(14-18)19-3/h15-16,20-21H,3-14,18H2,1-2H3/b17-15-. The molecule has 0 aliphatic rings. The molecule has 1 atom stereocenters. The first-order valence-corrected chi connectivity index (χ1v) is 8.69. The normalized spacial score (nSPS) is 13.1. The van der Waals surface area contributed by atoms with E-state index in [9.17, 15) is 0 Å². The molecule has 4 N–H and O–H groups in total. The van der Waals surface area contributed by atoms with Crippen LogP contribution in [0.2, 0.25) is 0 Å². The number of nitrogens with two attached hydrogens (primary N) is 1. The SMILES string of the molecule is C=N/C(=C\OCCCCNCCCNC(CC)CCC)CN. The number of nitrogens with one attached hydrogen (secondary N) is 2. The lowest BCUT2D eigenvalue weighted by molar-refractivity contribution is 0.238. The number of rotatable bonds is 16. The van der Waals surface area contributed by atoms with Crippen LogP contribution in [0, 0.1) is 0 Å². The van der Waals surface area contributed by atoms with E-state index in [1.54, 1.807) is 6.26 Å². The van der Waals surface area contributed by atoms with Crippen molar-refractivity contribution in [1.29, 1.82) is 0 Å². The van der Waals surface area contributed by atoms with Gasteiger partial charge in [0.15, 0.2) is 0 Å². The Labute approximate surface area is 136 Å². The Hall–Kier alpha value is -0.910. The van der Waals surface area contributed by atoms with E-state index < -0.39 is 0 Å². The molecule has 1 unspecified atom stereocenters. The highest BCUT2D eigenvalue weighted by Gasteiger charge is 2.02. The molecule has 0 radical (unpaired) electrons. The molecule has 0 bridgehead atoms. The first-order valence-electron chi connectivity index (χ1n) is 8.69. The highest BCUT2D eigenvalue weighted by Crippen LogP contribution is 2.00. The van der Waals surface area contributed by atoms with Crippen LogP contribution in [0.3, 0.4) is 0 Å². The monoisotopic (exact) mass is 312 g/mol. The number of ether oxygens (including phenoxy) is 1. The molecular formula is C17H36N4O. The molecule has 5 nitrogen and oxygen atoms in total. The lowest BCUT2D eigenvalue weighted by Crippen LogP contribution is -2.31. The van der Waals surface area contributed by atoms with Crippen LogP contribution >= 0.6 is 0 Å². The highest BCUT2D eigenvalue weighted by molar-refractivity contribution is 5.28. The molecular weight excluding hydrogens is 276 g/mol. The Morgan fingerprint density at radius 1 is 1.23 bits per heavy atom. The predicted octanol–water partition coefficient (Wildman–Crippen LogP) is 2.43. The summed E-state index contributed by atoms with van der Waals surface area (Å²) in [5, 5.41) is 7.09. The van der Waals surface area contributed by atoms with Gasteiger partial charge in [0.25, 0.3) is 0 Å². The Bertz CT molecular complexity index is 282. The van der Waals surface area contributed by atoms with E-state index in [2.05, 4.69) is 36.2 Å². The number of aliphatic imine (C=N–C) groups is 1. The second kappa shape index (κ2) is 16.5. The van der Waals surface area contributed by atoms with Crippen LogP contribution in [0.15, 0.2) is 17.0 Å². The fourth-order valence-corrected chi connectivity index (χ4v) is 2.18. The minimum Gasteiger partial charge on any atom is -0.499 e. The number of unbranched alkanes of at least 4 members (excludes halogenated alkanes) is 1. The summed E-state index contributed by atoms with van der Waals surface area (Å²) in [7, 11) is 0. The van der Waals surface area contributed by atoms with Crippen molar-refractivity contribution in [3.8, 4) is 0 Å². The predicted molar refractivity (Wildman–Crippen MR) is 96.3 cm³/mol. The second-order valence-electron chi connectivity index (χ2n) is 5.50. The lowest BCUT2D eigenvalue weighted by Gasteiger charge is -2.15. The summed E-state index contributed by atoms with van der Waals surface area (Å²) in [6.07, 6.45) is 8.71. The number of nitrogens with zero attached hydrogens (tertiary/aromatic N) is 1. The molecule has 0 fully saturated rings. The van der Waals surface area contributed by atoms with Gasteiger partial charge in [0.05, 0.1) is 12.3 Å². The van der Waals surface area contributed by atoms with Gasteiger partial charge in [-0.25, -0.2) is 0 Å². The summed E-state index contributed by atoms with van der Waals surface area (Å²) in [4.78, 5) is 3.76. The largest absolute Gasteiger partial charge is 0.499 e. The van der Waals surface area contributed by atoms with Crippen molar-refractivity contribution in [3.05, 3.63) is 12.0 Å². The fraction of sp³-hybridized carbons (Fsp3) is 0.824. The van der Waals surface area contributed by atoms with E-state index in [1.165, 1.54) is 25.7 Å². The van der Waals surface area contributed by atoms with Crippen LogP contribution in [-0.2, 0) is 4.74 Å². The maximum Gasteiger partial charge on any atom is 0.106 e. The Kier molecular flexibility index (Phi) is 15.8. The van der Waals surface area contributed by atoms with Gasteiger partial charge >= 0.3 is 0 Å². The van der Waals surface area contributed by atoms with E-state index in [1.807, 2.05) is 0 Å². The van der Waals surface area contributed by atoms with E-state index in [4.69, 9.17) is 10.5 Å². The summed E-state index contributed by atoms with van der Waals surface area (Å²) in [6, 6.07) is 0.693. The minimum atomic E-state index is 0.371. The van der Waals surface area contributed by atoms with Gasteiger partial charge in [-0.05, 0) is 58.5 Å². The minimum absolute atomic E-state index is 0.371. The van der Waals surface area contributed by atoms with E-state index >= 15 is 0 Å². The van der Waals surface area contributed by atoms with Crippen LogP contribution < -0.4 is 16.4 Å². The van der Waals surface area contributed by atoms with Crippen molar-refractivity contribution in [3.63, 3.8) is 0 Å². The molecule has 0 spiro atoms. The van der Waals surface area contributed by atoms with Crippen LogP contribution in [-0.4, -0.2) is 45.5 Å². The van der Waals surface area contributed by atoms with Crippen molar-refractivity contribution in [2.24, 2.45) is 10.7 Å². The van der Waals surface area contributed by atoms with Crippen molar-refractivity contribution in [2.75, 3.05) is 32.8 Å². The van der Waals surface area contributed by atoms with Crippen LogP contribution in [0.5, 0.6) is 0 Å². The summed E-state index contributed by atoms with van der Waals surface area (Å²) < 4.78 is 5.37. The Morgan fingerprint density at radius 3 is 2.64 bits per heavy atom. The summed E-state index contributed by atoms with van der Waals surface area (Å²) >= 11 is 0. The van der Waals surface area contributed by atoms with Gasteiger partial charge in [0.1, 0.15) is 6.26 Å². The topological polar surface area (TPSA) is 71.7 Å². The van der Waals surface area contributed by atoms with Crippen molar-refractivity contribution in [1.82, 2.24) is 10.6 Å². The molecule has 0 saturated heterocycles. The van der Waals surface area contributed by atoms with E-state index in [-0.39, 0.29) is 0 Å². The molecule has 0 aromatic rings. The second-order valence-corrected chi connectivity index (χ2v) is 5.50. The van der Waals surface area contributed by atoms with E-state index in [0.29, 0.717) is 24.9 Å². The van der Waals surface area contributed by atoms with Gasteiger partial charge in [-0.1, -0.05) is 20.3 Å². The molecule has 130 valence electrons. The number of hydrogen-bond donors (Lipinski definition) is 3. The van der Waals surface area contributed by atoms with Gasteiger partial charge in [-0.2, -0.15) is 0 Å². The fourth-order valence-electron chi connectivity index (χ4n) is 2.18. The zero-order chi connectivity index (χ0) is 16.5. The molecule has 5 heteroatoms. The zero-order valence-corrected chi connectivity index (χ0v) is 14.6. The van der Waals surface area contributed by atoms with Crippen LogP contribution in [0.4, 0.5) is 0 Å². The third kappa shape index (κ3) is 12.8. The summed E-state index contributed by atoms with van der Waals surface area (Å²) in [5.74, 6) is 0. The molecule has 0 rings (SSSR count). The molecule has 0 aliphatic carbocycles. The molecule has 0 aromatic heterocycles. The maximum atomic E-state index is 5.45. The zero-order valence-electron chi connectivity index (χ0n) is 14.6. The summed E-state index contributed by atoms with van der Waals surface area (Å²) in [6.45, 7) is 12.2. The highest BCUT2D eigenvalue weighted by atomic mass is 16.5. The van der Waals surface area contributed by atoms with Gasteiger partial charge < -0.3 is 21.1 Å².